The molecule has 0 spiro atoms. The predicted octanol–water partition coefficient (Wildman–Crippen LogP) is 2.33. The summed E-state index contributed by atoms with van der Waals surface area (Å²) in [6.07, 6.45) is 0.619. The van der Waals surface area contributed by atoms with Gasteiger partial charge >= 0.3 is 12.1 Å². The number of hydrazone groups is 1. The molecule has 0 bridgehead atoms. The highest BCUT2D eigenvalue weighted by Gasteiger charge is 2.07. The van der Waals surface area contributed by atoms with Crippen molar-refractivity contribution in [2.45, 2.75) is 0 Å². The summed E-state index contributed by atoms with van der Waals surface area (Å²) in [4.78, 5) is 21.7. The van der Waals surface area contributed by atoms with E-state index in [4.69, 9.17) is 9.52 Å². The van der Waals surface area contributed by atoms with E-state index in [9.17, 15) is 9.59 Å². The molecule has 1 aromatic heterocycles. The molecule has 7 heteroatoms. The molecule has 21 heavy (non-hydrogen) atoms. The molecule has 1 amide bonds. The quantitative estimate of drug-likeness (QED) is 0.664. The summed E-state index contributed by atoms with van der Waals surface area (Å²) in [5.74, 6) is -0.104. The molecule has 2 rings (SSSR count). The standard InChI is InChI=1S/C14H12N2O5/c1-20-14(19)16-15-8-11-5-6-12(21-11)9-3-2-4-10(7-9)13(17)18/h2-8H,1H3,(H,16,19)(H,17,18)/b15-8-. The summed E-state index contributed by atoms with van der Waals surface area (Å²) in [5.41, 5.74) is 2.93. The summed E-state index contributed by atoms with van der Waals surface area (Å²) in [5, 5.41) is 12.6. The summed E-state index contributed by atoms with van der Waals surface area (Å²) in [6.45, 7) is 0. The number of furan rings is 1. The SMILES string of the molecule is COC(=O)N/N=C\c1ccc(-c2cccc(C(=O)O)c2)o1. The van der Waals surface area contributed by atoms with E-state index in [-0.39, 0.29) is 5.56 Å². The minimum atomic E-state index is -1.01. The first-order valence-corrected chi connectivity index (χ1v) is 5.91. The number of hydrogen-bond acceptors (Lipinski definition) is 5. The van der Waals surface area contributed by atoms with Crippen molar-refractivity contribution >= 4 is 18.3 Å². The van der Waals surface area contributed by atoms with Crippen LogP contribution in [0.5, 0.6) is 0 Å². The van der Waals surface area contributed by atoms with Crippen molar-refractivity contribution in [3.05, 3.63) is 47.7 Å². The zero-order chi connectivity index (χ0) is 15.2. The number of hydrogen-bond donors (Lipinski definition) is 2. The molecule has 0 radical (unpaired) electrons. The number of ether oxygens (including phenoxy) is 1. The molecule has 1 aromatic carbocycles. The zero-order valence-electron chi connectivity index (χ0n) is 11.1. The predicted molar refractivity (Wildman–Crippen MR) is 74.2 cm³/mol. The molecule has 0 aliphatic heterocycles. The van der Waals surface area contributed by atoms with Crippen LogP contribution in [0.15, 0.2) is 45.9 Å². The largest absolute Gasteiger partial charge is 0.478 e. The number of carbonyl (C=O) groups excluding carboxylic acids is 1. The van der Waals surface area contributed by atoms with Crippen LogP contribution in [0.3, 0.4) is 0 Å². The fourth-order valence-electron chi connectivity index (χ4n) is 1.58. The molecular formula is C14H12N2O5. The van der Waals surface area contributed by atoms with E-state index in [0.29, 0.717) is 17.1 Å². The molecular weight excluding hydrogens is 276 g/mol. The first kappa shape index (κ1) is 14.3. The fraction of sp³-hybridized carbons (Fsp3) is 0.0714. The van der Waals surface area contributed by atoms with Gasteiger partial charge in [0.05, 0.1) is 18.9 Å². The minimum absolute atomic E-state index is 0.173. The van der Waals surface area contributed by atoms with Gasteiger partial charge in [-0.1, -0.05) is 12.1 Å². The Morgan fingerprint density at radius 1 is 1.33 bits per heavy atom. The molecule has 0 aliphatic carbocycles. The van der Waals surface area contributed by atoms with Crippen LogP contribution in [0, 0.1) is 0 Å². The molecule has 2 N–H and O–H groups in total. The first-order chi connectivity index (χ1) is 10.1. The molecule has 0 unspecified atom stereocenters. The molecule has 7 nitrogen and oxygen atoms in total. The number of nitrogens with zero attached hydrogens (tertiary/aromatic N) is 1. The maximum absolute atomic E-state index is 10.9. The molecule has 0 saturated carbocycles. The lowest BCUT2D eigenvalue weighted by Gasteiger charge is -1.99. The van der Waals surface area contributed by atoms with Gasteiger partial charge in [0, 0.05) is 5.56 Å². The van der Waals surface area contributed by atoms with Crippen molar-refractivity contribution in [2.75, 3.05) is 7.11 Å². The number of methoxy groups -OCH3 is 1. The average Bonchev–Trinajstić information content (AvgIpc) is 2.96. The number of nitrogens with one attached hydrogen (secondary N) is 1. The number of carboxylic acid groups (broad SMARTS) is 1. The van der Waals surface area contributed by atoms with E-state index in [1.165, 1.54) is 25.5 Å². The smallest absolute Gasteiger partial charge is 0.427 e. The third-order valence-electron chi connectivity index (χ3n) is 2.55. The number of aromatic carboxylic acids is 1. The molecule has 0 aliphatic rings. The van der Waals surface area contributed by atoms with Gasteiger partial charge in [0.2, 0.25) is 0 Å². The Labute approximate surface area is 119 Å². The Morgan fingerprint density at radius 3 is 2.86 bits per heavy atom. The number of amides is 1. The lowest BCUT2D eigenvalue weighted by molar-refractivity contribution is 0.0697. The van der Waals surface area contributed by atoms with Gasteiger partial charge in [0.15, 0.2) is 0 Å². The highest BCUT2D eigenvalue weighted by atomic mass is 16.5. The second-order valence-electron chi connectivity index (χ2n) is 3.95. The molecule has 0 fully saturated rings. The van der Waals surface area contributed by atoms with Crippen molar-refractivity contribution in [3.63, 3.8) is 0 Å². The van der Waals surface area contributed by atoms with Crippen LogP contribution in [0.2, 0.25) is 0 Å². The van der Waals surface area contributed by atoms with E-state index >= 15 is 0 Å². The second-order valence-corrected chi connectivity index (χ2v) is 3.95. The van der Waals surface area contributed by atoms with E-state index in [1.54, 1.807) is 24.3 Å². The van der Waals surface area contributed by atoms with Crippen LogP contribution in [-0.4, -0.2) is 30.5 Å². The number of carboxylic acids is 1. The van der Waals surface area contributed by atoms with Crippen LogP contribution in [0.4, 0.5) is 4.79 Å². The van der Waals surface area contributed by atoms with Crippen LogP contribution >= 0.6 is 0 Å². The lowest BCUT2D eigenvalue weighted by atomic mass is 10.1. The van der Waals surface area contributed by atoms with Gasteiger partial charge in [0.25, 0.3) is 0 Å². The zero-order valence-corrected chi connectivity index (χ0v) is 11.1. The van der Waals surface area contributed by atoms with Gasteiger partial charge in [-0.2, -0.15) is 5.10 Å². The van der Waals surface area contributed by atoms with Crippen LogP contribution < -0.4 is 5.43 Å². The van der Waals surface area contributed by atoms with Crippen LogP contribution in [-0.2, 0) is 4.74 Å². The van der Waals surface area contributed by atoms with E-state index in [1.807, 2.05) is 0 Å². The first-order valence-electron chi connectivity index (χ1n) is 5.91. The van der Waals surface area contributed by atoms with Crippen molar-refractivity contribution in [2.24, 2.45) is 5.10 Å². The molecule has 2 aromatic rings. The van der Waals surface area contributed by atoms with Crippen molar-refractivity contribution in [3.8, 4) is 11.3 Å². The van der Waals surface area contributed by atoms with Gasteiger partial charge < -0.3 is 14.3 Å². The Balaban J connectivity index is 2.14. The van der Waals surface area contributed by atoms with Crippen LogP contribution in [0.25, 0.3) is 11.3 Å². The van der Waals surface area contributed by atoms with Gasteiger partial charge in [-0.15, -0.1) is 0 Å². The van der Waals surface area contributed by atoms with E-state index in [0.717, 1.165) is 0 Å². The van der Waals surface area contributed by atoms with Crippen LogP contribution in [0.1, 0.15) is 16.1 Å². The third-order valence-corrected chi connectivity index (χ3v) is 2.55. The molecule has 0 saturated heterocycles. The minimum Gasteiger partial charge on any atom is -0.478 e. The highest BCUT2D eigenvalue weighted by Crippen LogP contribution is 2.22. The van der Waals surface area contributed by atoms with Crippen molar-refractivity contribution in [1.29, 1.82) is 0 Å². The monoisotopic (exact) mass is 288 g/mol. The Morgan fingerprint density at radius 2 is 2.14 bits per heavy atom. The Hall–Kier alpha value is -3.09. The van der Waals surface area contributed by atoms with Crippen molar-refractivity contribution in [1.82, 2.24) is 5.43 Å². The molecule has 0 atom stereocenters. The maximum Gasteiger partial charge on any atom is 0.427 e. The van der Waals surface area contributed by atoms with Gasteiger partial charge in [-0.05, 0) is 24.3 Å². The van der Waals surface area contributed by atoms with Gasteiger partial charge in [-0.25, -0.2) is 15.0 Å². The lowest BCUT2D eigenvalue weighted by Crippen LogP contribution is -2.16. The normalized spacial score (nSPS) is 10.5. The summed E-state index contributed by atoms with van der Waals surface area (Å²) in [6, 6.07) is 9.70. The maximum atomic E-state index is 10.9. The molecule has 108 valence electrons. The van der Waals surface area contributed by atoms with Gasteiger partial charge in [-0.3, -0.25) is 0 Å². The van der Waals surface area contributed by atoms with Crippen molar-refractivity contribution < 1.29 is 23.8 Å². The summed E-state index contributed by atoms with van der Waals surface area (Å²) < 4.78 is 9.83. The second kappa shape index (κ2) is 6.38. The summed E-state index contributed by atoms with van der Waals surface area (Å²) in [7, 11) is 1.23. The third kappa shape index (κ3) is 3.69. The number of benzene rings is 1. The van der Waals surface area contributed by atoms with E-state index in [2.05, 4.69) is 15.3 Å². The average molecular weight is 288 g/mol. The fourth-order valence-corrected chi connectivity index (χ4v) is 1.58. The molecule has 1 heterocycles. The number of carbonyl (C=O) groups is 2. The Kier molecular flexibility index (Phi) is 4.35. The Bertz CT molecular complexity index is 690. The van der Waals surface area contributed by atoms with E-state index < -0.39 is 12.1 Å². The number of rotatable bonds is 4. The van der Waals surface area contributed by atoms with Gasteiger partial charge in [0.1, 0.15) is 11.5 Å². The summed E-state index contributed by atoms with van der Waals surface area (Å²) >= 11 is 0. The highest BCUT2D eigenvalue weighted by molar-refractivity contribution is 5.89. The topological polar surface area (TPSA) is 101 Å².